The normalized spacial score (nSPS) is 18.6. The molecule has 1 saturated heterocycles. The zero-order valence-electron chi connectivity index (χ0n) is 8.33. The van der Waals surface area contributed by atoms with Crippen LogP contribution in [0.15, 0.2) is 12.4 Å². The zero-order valence-corrected chi connectivity index (χ0v) is 9.15. The van der Waals surface area contributed by atoms with Crippen LogP contribution in [-0.4, -0.2) is 28.0 Å². The maximum absolute atomic E-state index is 4.18. The van der Waals surface area contributed by atoms with Crippen LogP contribution in [0.4, 0.5) is 0 Å². The summed E-state index contributed by atoms with van der Waals surface area (Å²) in [5, 5.41) is 3.45. The van der Waals surface area contributed by atoms with E-state index < -0.39 is 0 Å². The first kappa shape index (κ1) is 10.1. The summed E-state index contributed by atoms with van der Waals surface area (Å²) in [4.78, 5) is 7.27. The summed E-state index contributed by atoms with van der Waals surface area (Å²) in [6.07, 6.45) is 6.41. The molecule has 2 rings (SSSR count). The predicted octanol–water partition coefficient (Wildman–Crippen LogP) is 1.64. The number of aromatic nitrogens is 2. The lowest BCUT2D eigenvalue weighted by Crippen LogP contribution is -2.25. The Morgan fingerprint density at radius 1 is 1.50 bits per heavy atom. The molecular weight excluding hydrogens is 194 g/mol. The van der Waals surface area contributed by atoms with Crippen LogP contribution in [0.2, 0.25) is 0 Å². The molecule has 3 nitrogen and oxygen atoms in total. The number of nitrogens with one attached hydrogen (secondary N) is 2. The van der Waals surface area contributed by atoms with Gasteiger partial charge in [0.1, 0.15) is 5.82 Å². The van der Waals surface area contributed by atoms with E-state index >= 15 is 0 Å². The standard InChI is InChI=1S/C10H17N3S/c1-5-14-6-2-9(1)7-11-8-10-12-3-4-13-10/h3-4,9,11H,1-2,5-8H2,(H,12,13). The second kappa shape index (κ2) is 5.41. The lowest BCUT2D eigenvalue weighted by atomic mass is 10.0. The van der Waals surface area contributed by atoms with Crippen molar-refractivity contribution in [1.29, 1.82) is 0 Å². The third-order valence-electron chi connectivity index (χ3n) is 2.62. The van der Waals surface area contributed by atoms with Crippen LogP contribution >= 0.6 is 11.8 Å². The summed E-state index contributed by atoms with van der Waals surface area (Å²) in [5.74, 6) is 4.60. The van der Waals surface area contributed by atoms with Crippen molar-refractivity contribution in [1.82, 2.24) is 15.3 Å². The van der Waals surface area contributed by atoms with Crippen LogP contribution in [-0.2, 0) is 6.54 Å². The molecule has 0 amide bonds. The van der Waals surface area contributed by atoms with Gasteiger partial charge in [-0.1, -0.05) is 0 Å². The molecule has 2 N–H and O–H groups in total. The van der Waals surface area contributed by atoms with Crippen molar-refractivity contribution in [2.45, 2.75) is 19.4 Å². The maximum atomic E-state index is 4.18. The summed E-state index contributed by atoms with van der Waals surface area (Å²) in [5.41, 5.74) is 0. The van der Waals surface area contributed by atoms with Gasteiger partial charge >= 0.3 is 0 Å². The molecule has 1 aliphatic rings. The first-order valence-corrected chi connectivity index (χ1v) is 6.37. The summed E-state index contributed by atoms with van der Waals surface area (Å²) in [6.45, 7) is 2.01. The van der Waals surface area contributed by atoms with Gasteiger partial charge in [-0.3, -0.25) is 0 Å². The molecule has 0 unspecified atom stereocenters. The monoisotopic (exact) mass is 211 g/mol. The zero-order chi connectivity index (χ0) is 9.64. The van der Waals surface area contributed by atoms with E-state index in [-0.39, 0.29) is 0 Å². The first-order valence-electron chi connectivity index (χ1n) is 5.22. The molecule has 0 spiro atoms. The average Bonchev–Trinajstić information content (AvgIpc) is 2.72. The Morgan fingerprint density at radius 3 is 3.07 bits per heavy atom. The minimum Gasteiger partial charge on any atom is -0.348 e. The highest BCUT2D eigenvalue weighted by atomic mass is 32.2. The van der Waals surface area contributed by atoms with Gasteiger partial charge in [0.15, 0.2) is 0 Å². The summed E-state index contributed by atoms with van der Waals surface area (Å²) in [7, 11) is 0. The van der Waals surface area contributed by atoms with Gasteiger partial charge in [-0.2, -0.15) is 11.8 Å². The van der Waals surface area contributed by atoms with Crippen molar-refractivity contribution in [3.63, 3.8) is 0 Å². The van der Waals surface area contributed by atoms with Gasteiger partial charge in [-0.25, -0.2) is 4.98 Å². The minimum atomic E-state index is 0.872. The van der Waals surface area contributed by atoms with Gasteiger partial charge in [-0.15, -0.1) is 0 Å². The Labute approximate surface area is 89.1 Å². The fourth-order valence-corrected chi connectivity index (χ4v) is 2.94. The number of rotatable bonds is 4. The molecule has 0 bridgehead atoms. The van der Waals surface area contributed by atoms with E-state index in [2.05, 4.69) is 27.0 Å². The molecule has 1 fully saturated rings. The van der Waals surface area contributed by atoms with Crippen LogP contribution in [0, 0.1) is 5.92 Å². The van der Waals surface area contributed by atoms with E-state index in [1.54, 1.807) is 6.20 Å². The van der Waals surface area contributed by atoms with E-state index in [0.29, 0.717) is 0 Å². The summed E-state index contributed by atoms with van der Waals surface area (Å²) < 4.78 is 0. The van der Waals surface area contributed by atoms with Crippen LogP contribution in [0.3, 0.4) is 0 Å². The molecule has 78 valence electrons. The fraction of sp³-hybridized carbons (Fsp3) is 0.700. The Morgan fingerprint density at radius 2 is 2.36 bits per heavy atom. The average molecular weight is 211 g/mol. The molecular formula is C10H17N3S. The van der Waals surface area contributed by atoms with Crippen LogP contribution in [0.1, 0.15) is 18.7 Å². The quantitative estimate of drug-likeness (QED) is 0.795. The lowest BCUT2D eigenvalue weighted by molar-refractivity contribution is 0.445. The Kier molecular flexibility index (Phi) is 3.89. The number of hydrogen-bond acceptors (Lipinski definition) is 3. The fourth-order valence-electron chi connectivity index (χ4n) is 1.74. The van der Waals surface area contributed by atoms with Gasteiger partial charge in [-0.05, 0) is 36.8 Å². The van der Waals surface area contributed by atoms with Crippen LogP contribution < -0.4 is 5.32 Å². The van der Waals surface area contributed by atoms with Crippen molar-refractivity contribution in [2.75, 3.05) is 18.1 Å². The van der Waals surface area contributed by atoms with E-state index in [1.165, 1.54) is 24.3 Å². The van der Waals surface area contributed by atoms with E-state index in [1.807, 2.05) is 6.20 Å². The van der Waals surface area contributed by atoms with Crippen molar-refractivity contribution in [3.05, 3.63) is 18.2 Å². The molecule has 1 aromatic heterocycles. The number of thioether (sulfide) groups is 1. The highest BCUT2D eigenvalue weighted by Crippen LogP contribution is 2.21. The van der Waals surface area contributed by atoms with Crippen LogP contribution in [0.5, 0.6) is 0 Å². The number of aromatic amines is 1. The SMILES string of the molecule is c1c[nH]c(CNCC2CCSCC2)n1. The molecule has 0 atom stereocenters. The molecule has 0 radical (unpaired) electrons. The Hall–Kier alpha value is -0.480. The van der Waals surface area contributed by atoms with Crippen molar-refractivity contribution in [3.8, 4) is 0 Å². The molecule has 4 heteroatoms. The molecule has 1 aromatic rings. The molecule has 2 heterocycles. The highest BCUT2D eigenvalue weighted by Gasteiger charge is 2.12. The van der Waals surface area contributed by atoms with Crippen molar-refractivity contribution >= 4 is 11.8 Å². The van der Waals surface area contributed by atoms with Crippen molar-refractivity contribution in [2.24, 2.45) is 5.92 Å². The molecule has 0 aliphatic carbocycles. The van der Waals surface area contributed by atoms with E-state index in [4.69, 9.17) is 0 Å². The summed E-state index contributed by atoms with van der Waals surface area (Å²) in [6, 6.07) is 0. The van der Waals surface area contributed by atoms with Gasteiger partial charge in [0, 0.05) is 12.4 Å². The number of H-pyrrole nitrogens is 1. The number of nitrogens with zero attached hydrogens (tertiary/aromatic N) is 1. The third-order valence-corrected chi connectivity index (χ3v) is 3.67. The predicted molar refractivity (Wildman–Crippen MR) is 60.3 cm³/mol. The Bertz CT molecular complexity index is 242. The van der Waals surface area contributed by atoms with E-state index in [0.717, 1.165) is 24.8 Å². The second-order valence-electron chi connectivity index (χ2n) is 3.72. The second-order valence-corrected chi connectivity index (χ2v) is 4.95. The Balaban J connectivity index is 1.62. The van der Waals surface area contributed by atoms with E-state index in [9.17, 15) is 0 Å². The number of imidazole rings is 1. The lowest BCUT2D eigenvalue weighted by Gasteiger charge is -2.21. The highest BCUT2D eigenvalue weighted by molar-refractivity contribution is 7.99. The molecule has 14 heavy (non-hydrogen) atoms. The van der Waals surface area contributed by atoms with Crippen molar-refractivity contribution < 1.29 is 0 Å². The first-order chi connectivity index (χ1) is 6.95. The largest absolute Gasteiger partial charge is 0.348 e. The smallest absolute Gasteiger partial charge is 0.120 e. The van der Waals surface area contributed by atoms with Gasteiger partial charge in [0.05, 0.1) is 6.54 Å². The third kappa shape index (κ3) is 3.03. The van der Waals surface area contributed by atoms with Gasteiger partial charge in [0.25, 0.3) is 0 Å². The topological polar surface area (TPSA) is 40.7 Å². The minimum absolute atomic E-state index is 0.872. The van der Waals surface area contributed by atoms with Gasteiger partial charge in [0.2, 0.25) is 0 Å². The van der Waals surface area contributed by atoms with Gasteiger partial charge < -0.3 is 10.3 Å². The maximum Gasteiger partial charge on any atom is 0.120 e. The number of hydrogen-bond donors (Lipinski definition) is 2. The van der Waals surface area contributed by atoms with Crippen LogP contribution in [0.25, 0.3) is 0 Å². The molecule has 0 saturated carbocycles. The summed E-state index contributed by atoms with van der Waals surface area (Å²) >= 11 is 2.08. The molecule has 1 aliphatic heterocycles. The molecule has 0 aromatic carbocycles.